The summed E-state index contributed by atoms with van der Waals surface area (Å²) in [6.07, 6.45) is 6.58. The number of nitrogens with zero attached hydrogens (tertiary/aromatic N) is 2. The first-order valence-corrected chi connectivity index (χ1v) is 8.70. The van der Waals surface area contributed by atoms with Gasteiger partial charge in [0.05, 0.1) is 5.52 Å². The minimum Gasteiger partial charge on any atom is -0.326 e. The summed E-state index contributed by atoms with van der Waals surface area (Å²) >= 11 is 7.80. The first-order valence-electron chi connectivity index (χ1n) is 6.94. The van der Waals surface area contributed by atoms with Crippen LogP contribution in [0.25, 0.3) is 11.0 Å². The Morgan fingerprint density at radius 1 is 1.45 bits per heavy atom. The summed E-state index contributed by atoms with van der Waals surface area (Å²) < 4.78 is 16.4. The van der Waals surface area contributed by atoms with Crippen LogP contribution in [-0.4, -0.2) is 26.4 Å². The third-order valence-electron chi connectivity index (χ3n) is 4.27. The number of benzene rings is 1. The lowest BCUT2D eigenvalue weighted by atomic mass is 9.84. The molecule has 20 heavy (non-hydrogen) atoms. The second kappa shape index (κ2) is 5.57. The molecule has 1 aliphatic rings. The quantitative estimate of drug-likeness (QED) is 0.768. The molecular formula is C15H18ClFN2S. The second-order valence-electron chi connectivity index (χ2n) is 5.40. The Kier molecular flexibility index (Phi) is 3.95. The molecular weight excluding hydrogens is 295 g/mol. The molecule has 2 nitrogen and oxygen atoms in total. The fraction of sp³-hybridized carbons (Fsp3) is 0.533. The number of thioether (sulfide) groups is 1. The number of para-hydroxylation sites is 1. The SMILES string of the molecule is CSC1(Cn2c(CCCl)nc3c(F)cccc32)CCC1. The summed E-state index contributed by atoms with van der Waals surface area (Å²) in [4.78, 5) is 4.47. The summed E-state index contributed by atoms with van der Waals surface area (Å²) in [7, 11) is 0. The fourth-order valence-electron chi connectivity index (χ4n) is 2.90. The molecule has 1 saturated carbocycles. The van der Waals surface area contributed by atoms with Gasteiger partial charge in [0, 0.05) is 23.6 Å². The molecule has 0 atom stereocenters. The van der Waals surface area contributed by atoms with Crippen molar-refractivity contribution < 1.29 is 4.39 Å². The van der Waals surface area contributed by atoms with Crippen LogP contribution >= 0.6 is 23.4 Å². The number of aromatic nitrogens is 2. The molecule has 1 aliphatic carbocycles. The molecule has 0 aliphatic heterocycles. The van der Waals surface area contributed by atoms with Crippen molar-refractivity contribution in [3.63, 3.8) is 0 Å². The van der Waals surface area contributed by atoms with Gasteiger partial charge in [0.25, 0.3) is 0 Å². The third kappa shape index (κ3) is 2.33. The lowest BCUT2D eigenvalue weighted by Gasteiger charge is -2.41. The van der Waals surface area contributed by atoms with E-state index in [1.807, 2.05) is 17.8 Å². The van der Waals surface area contributed by atoms with E-state index in [1.54, 1.807) is 6.07 Å². The fourth-order valence-corrected chi connectivity index (χ4v) is 4.02. The zero-order chi connectivity index (χ0) is 14.2. The number of halogens is 2. The number of aryl methyl sites for hydroxylation is 1. The van der Waals surface area contributed by atoms with Crippen LogP contribution < -0.4 is 0 Å². The topological polar surface area (TPSA) is 17.8 Å². The summed E-state index contributed by atoms with van der Waals surface area (Å²) in [5, 5.41) is 0. The standard InChI is InChI=1S/C15H18ClFN2S/c1-20-15(7-3-8-15)10-19-12-5-2-4-11(17)14(12)18-13(19)6-9-16/h2,4-5H,3,6-10H2,1H3. The van der Waals surface area contributed by atoms with Crippen molar-refractivity contribution in [2.45, 2.75) is 37.0 Å². The van der Waals surface area contributed by atoms with Gasteiger partial charge >= 0.3 is 0 Å². The molecule has 1 fully saturated rings. The molecule has 0 N–H and O–H groups in total. The third-order valence-corrected chi connectivity index (χ3v) is 5.86. The lowest BCUT2D eigenvalue weighted by molar-refractivity contribution is 0.322. The van der Waals surface area contributed by atoms with Gasteiger partial charge in [-0.3, -0.25) is 0 Å². The summed E-state index contributed by atoms with van der Waals surface area (Å²) in [6, 6.07) is 5.18. The molecule has 0 unspecified atom stereocenters. The number of rotatable bonds is 5. The van der Waals surface area contributed by atoms with Crippen LogP contribution in [0.4, 0.5) is 4.39 Å². The van der Waals surface area contributed by atoms with E-state index in [9.17, 15) is 4.39 Å². The summed E-state index contributed by atoms with van der Waals surface area (Å²) in [5.74, 6) is 1.17. The van der Waals surface area contributed by atoms with Crippen molar-refractivity contribution in [2.24, 2.45) is 0 Å². The summed E-state index contributed by atoms with van der Waals surface area (Å²) in [6.45, 7) is 0.903. The Hall–Kier alpha value is -0.740. The van der Waals surface area contributed by atoms with Crippen LogP contribution in [0, 0.1) is 5.82 Å². The van der Waals surface area contributed by atoms with Crippen LogP contribution in [0.3, 0.4) is 0 Å². The monoisotopic (exact) mass is 312 g/mol. The van der Waals surface area contributed by atoms with Gasteiger partial charge in [-0.15, -0.1) is 11.6 Å². The maximum Gasteiger partial charge on any atom is 0.151 e. The lowest BCUT2D eigenvalue weighted by Crippen LogP contribution is -2.38. The van der Waals surface area contributed by atoms with E-state index in [0.717, 1.165) is 17.9 Å². The number of hydrogen-bond acceptors (Lipinski definition) is 2. The van der Waals surface area contributed by atoms with Gasteiger partial charge in [0.1, 0.15) is 11.3 Å². The number of imidazole rings is 1. The van der Waals surface area contributed by atoms with Gasteiger partial charge in [-0.2, -0.15) is 11.8 Å². The molecule has 2 aromatic rings. The van der Waals surface area contributed by atoms with Crippen LogP contribution in [0.15, 0.2) is 18.2 Å². The van der Waals surface area contributed by atoms with Crippen LogP contribution in [0.1, 0.15) is 25.1 Å². The van der Waals surface area contributed by atoms with Crippen molar-refractivity contribution in [2.75, 3.05) is 12.1 Å². The highest BCUT2D eigenvalue weighted by atomic mass is 35.5. The molecule has 0 amide bonds. The molecule has 1 heterocycles. The van der Waals surface area contributed by atoms with E-state index in [2.05, 4.69) is 15.8 Å². The Balaban J connectivity index is 2.07. The Bertz CT molecular complexity index is 616. The highest BCUT2D eigenvalue weighted by Crippen LogP contribution is 2.44. The largest absolute Gasteiger partial charge is 0.326 e. The number of fused-ring (bicyclic) bond motifs is 1. The average Bonchev–Trinajstić information content (AvgIpc) is 2.74. The van der Waals surface area contributed by atoms with Gasteiger partial charge in [0.15, 0.2) is 5.82 Å². The average molecular weight is 313 g/mol. The van der Waals surface area contributed by atoms with E-state index in [1.165, 1.54) is 25.3 Å². The highest BCUT2D eigenvalue weighted by molar-refractivity contribution is 8.00. The van der Waals surface area contributed by atoms with Gasteiger partial charge in [-0.25, -0.2) is 9.37 Å². The van der Waals surface area contributed by atoms with Crippen molar-refractivity contribution in [1.82, 2.24) is 9.55 Å². The van der Waals surface area contributed by atoms with E-state index >= 15 is 0 Å². The van der Waals surface area contributed by atoms with Crippen LogP contribution in [0.5, 0.6) is 0 Å². The first kappa shape index (κ1) is 14.2. The first-order chi connectivity index (χ1) is 9.69. The van der Waals surface area contributed by atoms with Gasteiger partial charge in [-0.05, 0) is 31.2 Å². The molecule has 108 valence electrons. The Morgan fingerprint density at radius 3 is 2.85 bits per heavy atom. The molecule has 0 saturated heterocycles. The predicted molar refractivity (Wildman–Crippen MR) is 84.2 cm³/mol. The molecule has 0 bridgehead atoms. The van der Waals surface area contributed by atoms with E-state index < -0.39 is 0 Å². The van der Waals surface area contributed by atoms with Crippen molar-refractivity contribution in [3.8, 4) is 0 Å². The van der Waals surface area contributed by atoms with Gasteiger partial charge in [-0.1, -0.05) is 12.5 Å². The highest BCUT2D eigenvalue weighted by Gasteiger charge is 2.37. The van der Waals surface area contributed by atoms with Crippen molar-refractivity contribution in [3.05, 3.63) is 29.8 Å². The van der Waals surface area contributed by atoms with Crippen LogP contribution in [0.2, 0.25) is 0 Å². The normalized spacial score (nSPS) is 17.4. The van der Waals surface area contributed by atoms with Crippen molar-refractivity contribution >= 4 is 34.4 Å². The molecule has 1 aromatic carbocycles. The maximum absolute atomic E-state index is 13.9. The van der Waals surface area contributed by atoms with Gasteiger partial charge < -0.3 is 4.57 Å². The molecule has 0 radical (unpaired) electrons. The van der Waals surface area contributed by atoms with E-state index in [4.69, 9.17) is 11.6 Å². The molecule has 5 heteroatoms. The molecule has 0 spiro atoms. The molecule has 3 rings (SSSR count). The minimum absolute atomic E-state index is 0.246. The van der Waals surface area contributed by atoms with E-state index in [-0.39, 0.29) is 5.82 Å². The van der Waals surface area contributed by atoms with E-state index in [0.29, 0.717) is 22.6 Å². The Labute approximate surface area is 127 Å². The zero-order valence-electron chi connectivity index (χ0n) is 11.5. The van der Waals surface area contributed by atoms with Crippen molar-refractivity contribution in [1.29, 1.82) is 0 Å². The Morgan fingerprint density at radius 2 is 2.25 bits per heavy atom. The van der Waals surface area contributed by atoms with Gasteiger partial charge in [0.2, 0.25) is 0 Å². The zero-order valence-corrected chi connectivity index (χ0v) is 13.1. The smallest absolute Gasteiger partial charge is 0.151 e. The van der Waals surface area contributed by atoms with Crippen LogP contribution in [-0.2, 0) is 13.0 Å². The number of alkyl halides is 1. The predicted octanol–water partition coefficient (Wildman–Crippen LogP) is 4.24. The minimum atomic E-state index is -0.246. The second-order valence-corrected chi connectivity index (χ2v) is 7.05. The molecule has 1 aromatic heterocycles. The number of hydrogen-bond donors (Lipinski definition) is 0. The summed E-state index contributed by atoms with van der Waals surface area (Å²) in [5.41, 5.74) is 1.37. The maximum atomic E-state index is 13.9.